The van der Waals surface area contributed by atoms with E-state index in [4.69, 9.17) is 5.73 Å². The van der Waals surface area contributed by atoms with Gasteiger partial charge in [0, 0.05) is 17.8 Å². The number of aromatic nitrogens is 3. The maximum Gasteiger partial charge on any atom is 0.105 e. The molecule has 0 bridgehead atoms. The largest absolute Gasteiger partial charge is 0.397 e. The molecule has 3 N–H and O–H groups in total. The van der Waals surface area contributed by atoms with Crippen LogP contribution in [0.4, 0.5) is 5.69 Å². The predicted molar refractivity (Wildman–Crippen MR) is 63.7 cm³/mol. The molecule has 0 aliphatic rings. The zero-order valence-corrected chi connectivity index (χ0v) is 8.51. The summed E-state index contributed by atoms with van der Waals surface area (Å²) in [5.41, 5.74) is 9.32. The van der Waals surface area contributed by atoms with Gasteiger partial charge in [-0.15, -0.1) is 0 Å². The number of nitrogens with one attached hydrogen (secondary N) is 1. The molecule has 78 valence electrons. The van der Waals surface area contributed by atoms with Gasteiger partial charge in [-0.2, -0.15) is 0 Å². The molecule has 0 fully saturated rings. The minimum absolute atomic E-state index is 0.743. The molecule has 0 unspecified atom stereocenters. The van der Waals surface area contributed by atoms with E-state index >= 15 is 0 Å². The van der Waals surface area contributed by atoms with Crippen molar-refractivity contribution >= 4 is 16.6 Å². The van der Waals surface area contributed by atoms with E-state index in [-0.39, 0.29) is 0 Å². The lowest BCUT2D eigenvalue weighted by Crippen LogP contribution is -1.86. The first-order chi connectivity index (χ1) is 7.84. The minimum Gasteiger partial charge on any atom is -0.397 e. The first kappa shape index (κ1) is 8.91. The average Bonchev–Trinajstić information content (AvgIpc) is 2.76. The van der Waals surface area contributed by atoms with Gasteiger partial charge in [0.2, 0.25) is 0 Å². The third kappa shape index (κ3) is 1.32. The van der Waals surface area contributed by atoms with Gasteiger partial charge in [0.1, 0.15) is 5.69 Å². The Morgan fingerprint density at radius 1 is 1.19 bits per heavy atom. The SMILES string of the molecule is Nc1cccc2cc(-c3cnccn3)[nH]c12. The number of benzene rings is 1. The van der Waals surface area contributed by atoms with Gasteiger partial charge >= 0.3 is 0 Å². The van der Waals surface area contributed by atoms with Gasteiger partial charge in [0.05, 0.1) is 23.1 Å². The lowest BCUT2D eigenvalue weighted by Gasteiger charge is -1.95. The second-order valence-electron chi connectivity index (χ2n) is 3.59. The van der Waals surface area contributed by atoms with Crippen molar-refractivity contribution in [2.75, 3.05) is 5.73 Å². The van der Waals surface area contributed by atoms with Crippen molar-refractivity contribution in [3.05, 3.63) is 42.9 Å². The van der Waals surface area contributed by atoms with Gasteiger partial charge in [-0.05, 0) is 12.1 Å². The van der Waals surface area contributed by atoms with Crippen LogP contribution < -0.4 is 5.73 Å². The summed E-state index contributed by atoms with van der Waals surface area (Å²) in [4.78, 5) is 11.5. The van der Waals surface area contributed by atoms with Gasteiger partial charge in [-0.25, -0.2) is 0 Å². The molecule has 2 aromatic heterocycles. The summed E-state index contributed by atoms with van der Waals surface area (Å²) in [6.07, 6.45) is 5.05. The first-order valence-electron chi connectivity index (χ1n) is 4.98. The quantitative estimate of drug-likeness (QED) is 0.605. The zero-order valence-electron chi connectivity index (χ0n) is 8.51. The summed E-state index contributed by atoms with van der Waals surface area (Å²) in [6, 6.07) is 7.85. The number of nitrogen functional groups attached to an aromatic ring is 1. The van der Waals surface area contributed by atoms with E-state index in [0.29, 0.717) is 0 Å². The van der Waals surface area contributed by atoms with Crippen molar-refractivity contribution in [3.63, 3.8) is 0 Å². The third-order valence-corrected chi connectivity index (χ3v) is 2.53. The Morgan fingerprint density at radius 2 is 2.12 bits per heavy atom. The van der Waals surface area contributed by atoms with E-state index in [1.165, 1.54) is 0 Å². The normalized spacial score (nSPS) is 10.8. The van der Waals surface area contributed by atoms with Crippen molar-refractivity contribution in [2.24, 2.45) is 0 Å². The second-order valence-corrected chi connectivity index (χ2v) is 3.59. The van der Waals surface area contributed by atoms with Crippen molar-refractivity contribution in [1.82, 2.24) is 15.0 Å². The van der Waals surface area contributed by atoms with Crippen LogP contribution in [-0.4, -0.2) is 15.0 Å². The number of hydrogen-bond acceptors (Lipinski definition) is 3. The highest BCUT2D eigenvalue weighted by Crippen LogP contribution is 2.25. The first-order valence-corrected chi connectivity index (χ1v) is 4.98. The molecule has 0 aliphatic carbocycles. The minimum atomic E-state index is 0.743. The van der Waals surface area contributed by atoms with Crippen LogP contribution in [0.1, 0.15) is 0 Å². The van der Waals surface area contributed by atoms with Crippen molar-refractivity contribution in [2.45, 2.75) is 0 Å². The molecule has 0 saturated heterocycles. The molecule has 1 aromatic carbocycles. The molecule has 0 radical (unpaired) electrons. The lowest BCUT2D eigenvalue weighted by atomic mass is 10.2. The van der Waals surface area contributed by atoms with Crippen molar-refractivity contribution < 1.29 is 0 Å². The topological polar surface area (TPSA) is 67.6 Å². The summed E-state index contributed by atoms with van der Waals surface area (Å²) in [7, 11) is 0. The maximum absolute atomic E-state index is 5.88. The number of rotatable bonds is 1. The van der Waals surface area contributed by atoms with Gasteiger partial charge in [0.15, 0.2) is 0 Å². The van der Waals surface area contributed by atoms with E-state index in [1.54, 1.807) is 18.6 Å². The molecular weight excluding hydrogens is 200 g/mol. The molecule has 3 aromatic rings. The van der Waals surface area contributed by atoms with Crippen LogP contribution in [0, 0.1) is 0 Å². The molecule has 0 amide bonds. The Morgan fingerprint density at radius 3 is 2.88 bits per heavy atom. The number of nitrogens with zero attached hydrogens (tertiary/aromatic N) is 2. The number of H-pyrrole nitrogens is 1. The van der Waals surface area contributed by atoms with Crippen LogP contribution >= 0.6 is 0 Å². The second kappa shape index (κ2) is 3.34. The van der Waals surface area contributed by atoms with Crippen LogP contribution in [0.5, 0.6) is 0 Å². The summed E-state index contributed by atoms with van der Waals surface area (Å²) in [5, 5.41) is 1.08. The Kier molecular flexibility index (Phi) is 1.86. The summed E-state index contributed by atoms with van der Waals surface area (Å²) < 4.78 is 0. The van der Waals surface area contributed by atoms with Crippen LogP contribution in [0.2, 0.25) is 0 Å². The number of fused-ring (bicyclic) bond motifs is 1. The fourth-order valence-electron chi connectivity index (χ4n) is 1.76. The number of anilines is 1. The Hall–Kier alpha value is -2.36. The monoisotopic (exact) mass is 210 g/mol. The van der Waals surface area contributed by atoms with Crippen LogP contribution in [0.3, 0.4) is 0 Å². The van der Waals surface area contributed by atoms with Crippen LogP contribution in [0.15, 0.2) is 42.9 Å². The van der Waals surface area contributed by atoms with E-state index in [2.05, 4.69) is 15.0 Å². The van der Waals surface area contributed by atoms with Gasteiger partial charge < -0.3 is 10.7 Å². The number of para-hydroxylation sites is 1. The number of aromatic amines is 1. The molecule has 0 spiro atoms. The molecule has 16 heavy (non-hydrogen) atoms. The summed E-state index contributed by atoms with van der Waals surface area (Å²) in [6.45, 7) is 0. The Labute approximate surface area is 92.2 Å². The van der Waals surface area contributed by atoms with Crippen molar-refractivity contribution in [1.29, 1.82) is 0 Å². The molecular formula is C12H10N4. The number of nitrogens with two attached hydrogens (primary N) is 1. The molecule has 2 heterocycles. The third-order valence-electron chi connectivity index (χ3n) is 2.53. The van der Waals surface area contributed by atoms with Gasteiger partial charge in [0.25, 0.3) is 0 Å². The van der Waals surface area contributed by atoms with E-state index in [1.807, 2.05) is 24.3 Å². The predicted octanol–water partition coefficient (Wildman–Crippen LogP) is 2.21. The molecule has 0 atom stereocenters. The fraction of sp³-hybridized carbons (Fsp3) is 0. The van der Waals surface area contributed by atoms with E-state index < -0.39 is 0 Å². The van der Waals surface area contributed by atoms with Crippen LogP contribution in [-0.2, 0) is 0 Å². The van der Waals surface area contributed by atoms with Gasteiger partial charge in [-0.3, -0.25) is 9.97 Å². The lowest BCUT2D eigenvalue weighted by molar-refractivity contribution is 1.19. The zero-order chi connectivity index (χ0) is 11.0. The standard InChI is InChI=1S/C12H10N4/c13-9-3-1-2-8-6-10(16-12(8)9)11-7-14-4-5-15-11/h1-7,16H,13H2. The fourth-order valence-corrected chi connectivity index (χ4v) is 1.76. The highest BCUT2D eigenvalue weighted by atomic mass is 14.8. The molecule has 0 saturated carbocycles. The smallest absolute Gasteiger partial charge is 0.105 e. The maximum atomic E-state index is 5.88. The number of hydrogen-bond donors (Lipinski definition) is 2. The Bertz CT molecular complexity index is 628. The summed E-state index contributed by atoms with van der Waals surface area (Å²) in [5.74, 6) is 0. The molecule has 4 heteroatoms. The summed E-state index contributed by atoms with van der Waals surface area (Å²) >= 11 is 0. The van der Waals surface area contributed by atoms with E-state index in [9.17, 15) is 0 Å². The van der Waals surface area contributed by atoms with Crippen molar-refractivity contribution in [3.8, 4) is 11.4 Å². The molecule has 4 nitrogen and oxygen atoms in total. The van der Waals surface area contributed by atoms with Gasteiger partial charge in [-0.1, -0.05) is 12.1 Å². The molecule has 0 aliphatic heterocycles. The Balaban J connectivity index is 2.23. The average molecular weight is 210 g/mol. The van der Waals surface area contributed by atoms with Crippen LogP contribution in [0.25, 0.3) is 22.3 Å². The molecule has 3 rings (SSSR count). The highest BCUT2D eigenvalue weighted by molar-refractivity contribution is 5.93. The highest BCUT2D eigenvalue weighted by Gasteiger charge is 2.05. The van der Waals surface area contributed by atoms with E-state index in [0.717, 1.165) is 28.0 Å².